The Kier molecular flexibility index (Phi) is 8.19. The molecule has 0 radical (unpaired) electrons. The molecule has 0 amide bonds. The SMILES string of the molecule is C=C(CC(C(=O)OC)(C(=O)OC)C(=O)OCc1ccccc1)C(=O)OCC. The maximum atomic E-state index is 12.7. The Hall–Kier alpha value is -3.16. The van der Waals surface area contributed by atoms with Gasteiger partial charge in [-0.25, -0.2) is 4.79 Å². The van der Waals surface area contributed by atoms with Crippen molar-refractivity contribution in [3.05, 3.63) is 48.0 Å². The van der Waals surface area contributed by atoms with E-state index in [1.54, 1.807) is 37.3 Å². The molecule has 8 nitrogen and oxygen atoms in total. The van der Waals surface area contributed by atoms with Crippen LogP contribution in [0, 0.1) is 5.41 Å². The van der Waals surface area contributed by atoms with E-state index in [1.165, 1.54) is 0 Å². The van der Waals surface area contributed by atoms with Crippen molar-refractivity contribution >= 4 is 23.9 Å². The monoisotopic (exact) mass is 378 g/mol. The molecule has 0 aromatic heterocycles. The molecule has 1 aromatic carbocycles. The Morgan fingerprint density at radius 1 is 0.926 bits per heavy atom. The zero-order valence-corrected chi connectivity index (χ0v) is 15.5. The van der Waals surface area contributed by atoms with Gasteiger partial charge < -0.3 is 18.9 Å². The third kappa shape index (κ3) is 5.16. The van der Waals surface area contributed by atoms with Gasteiger partial charge in [0.25, 0.3) is 5.41 Å². The summed E-state index contributed by atoms with van der Waals surface area (Å²) in [6.07, 6.45) is -0.696. The highest BCUT2D eigenvalue weighted by Crippen LogP contribution is 2.32. The number of hydrogen-bond acceptors (Lipinski definition) is 8. The maximum Gasteiger partial charge on any atom is 0.335 e. The molecule has 0 spiro atoms. The lowest BCUT2D eigenvalue weighted by atomic mass is 9.81. The van der Waals surface area contributed by atoms with Crippen LogP contribution in [0.4, 0.5) is 0 Å². The van der Waals surface area contributed by atoms with Crippen LogP contribution >= 0.6 is 0 Å². The molecule has 0 aliphatic carbocycles. The summed E-state index contributed by atoms with van der Waals surface area (Å²) >= 11 is 0. The lowest BCUT2D eigenvalue weighted by Crippen LogP contribution is -2.49. The highest BCUT2D eigenvalue weighted by atomic mass is 16.6. The second kappa shape index (κ2) is 10.1. The molecule has 1 aromatic rings. The van der Waals surface area contributed by atoms with Crippen LogP contribution < -0.4 is 0 Å². The first-order valence-corrected chi connectivity index (χ1v) is 8.06. The summed E-state index contributed by atoms with van der Waals surface area (Å²) in [5, 5.41) is 0. The van der Waals surface area contributed by atoms with Crippen molar-refractivity contribution in [1.82, 2.24) is 0 Å². The standard InChI is InChI=1S/C19H22O8/c1-5-26-15(20)13(2)11-19(16(21)24-3,17(22)25-4)18(23)27-12-14-9-7-6-8-10-14/h6-10H,2,5,11-12H2,1,3-4H3. The number of hydrogen-bond donors (Lipinski definition) is 0. The molecule has 146 valence electrons. The van der Waals surface area contributed by atoms with Crippen molar-refractivity contribution in [3.8, 4) is 0 Å². The number of ether oxygens (including phenoxy) is 4. The summed E-state index contributed by atoms with van der Waals surface area (Å²) in [5.41, 5.74) is -2.16. The average Bonchev–Trinajstić information content (AvgIpc) is 2.69. The van der Waals surface area contributed by atoms with Crippen LogP contribution in [0.5, 0.6) is 0 Å². The van der Waals surface area contributed by atoms with Gasteiger partial charge in [0.1, 0.15) is 6.61 Å². The van der Waals surface area contributed by atoms with Gasteiger partial charge in [0.15, 0.2) is 0 Å². The number of benzene rings is 1. The van der Waals surface area contributed by atoms with E-state index in [0.29, 0.717) is 5.56 Å². The van der Waals surface area contributed by atoms with Crippen LogP contribution in [0.25, 0.3) is 0 Å². The first kappa shape index (κ1) is 21.9. The molecule has 0 fully saturated rings. The Morgan fingerprint density at radius 2 is 1.48 bits per heavy atom. The highest BCUT2D eigenvalue weighted by molar-refractivity contribution is 6.18. The number of carbonyl (C=O) groups is 4. The lowest BCUT2D eigenvalue weighted by molar-refractivity contribution is -0.182. The molecule has 0 bridgehead atoms. The first-order chi connectivity index (χ1) is 12.8. The zero-order chi connectivity index (χ0) is 20.4. The van der Waals surface area contributed by atoms with Crippen molar-refractivity contribution < 1.29 is 38.1 Å². The molecule has 0 aliphatic rings. The minimum absolute atomic E-state index is 0.0553. The van der Waals surface area contributed by atoms with Gasteiger partial charge in [-0.1, -0.05) is 36.9 Å². The van der Waals surface area contributed by atoms with Gasteiger partial charge in [-0.3, -0.25) is 14.4 Å². The van der Waals surface area contributed by atoms with Gasteiger partial charge >= 0.3 is 23.9 Å². The highest BCUT2D eigenvalue weighted by Gasteiger charge is 2.58. The van der Waals surface area contributed by atoms with Crippen molar-refractivity contribution in [2.45, 2.75) is 20.0 Å². The van der Waals surface area contributed by atoms with Crippen molar-refractivity contribution in [3.63, 3.8) is 0 Å². The fourth-order valence-corrected chi connectivity index (χ4v) is 2.29. The third-order valence-electron chi connectivity index (χ3n) is 3.67. The molecule has 0 aliphatic heterocycles. The number of rotatable bonds is 9. The van der Waals surface area contributed by atoms with Gasteiger partial charge in [-0.05, 0) is 12.5 Å². The minimum atomic E-state index is -2.53. The first-order valence-electron chi connectivity index (χ1n) is 8.06. The summed E-state index contributed by atoms with van der Waals surface area (Å²) in [6, 6.07) is 8.65. The van der Waals surface area contributed by atoms with Gasteiger partial charge in [-0.2, -0.15) is 0 Å². The number of esters is 4. The fourth-order valence-electron chi connectivity index (χ4n) is 2.29. The topological polar surface area (TPSA) is 105 Å². The van der Waals surface area contributed by atoms with E-state index in [4.69, 9.17) is 9.47 Å². The zero-order valence-electron chi connectivity index (χ0n) is 15.5. The molecule has 8 heteroatoms. The Balaban J connectivity index is 3.19. The summed E-state index contributed by atoms with van der Waals surface area (Å²) in [6.45, 7) is 4.93. The van der Waals surface area contributed by atoms with Crippen molar-refractivity contribution in [2.75, 3.05) is 20.8 Å². The Bertz CT molecular complexity index is 692. The quantitative estimate of drug-likeness (QED) is 0.276. The fraction of sp³-hybridized carbons (Fsp3) is 0.368. The van der Waals surface area contributed by atoms with Gasteiger partial charge in [0, 0.05) is 12.0 Å². The van der Waals surface area contributed by atoms with Crippen LogP contribution in [0.15, 0.2) is 42.5 Å². The average molecular weight is 378 g/mol. The summed E-state index contributed by atoms with van der Waals surface area (Å²) < 4.78 is 19.2. The predicted octanol–water partition coefficient (Wildman–Crippen LogP) is 1.57. The molecule has 0 saturated carbocycles. The van der Waals surface area contributed by atoms with Gasteiger partial charge in [0.05, 0.1) is 20.8 Å². The van der Waals surface area contributed by atoms with E-state index in [1.807, 2.05) is 0 Å². The molecule has 0 saturated heterocycles. The second-order valence-electron chi connectivity index (χ2n) is 5.45. The minimum Gasteiger partial charge on any atom is -0.468 e. The summed E-state index contributed by atoms with van der Waals surface area (Å²) in [7, 11) is 2.00. The van der Waals surface area contributed by atoms with Crippen LogP contribution in [0.1, 0.15) is 18.9 Å². The lowest BCUT2D eigenvalue weighted by Gasteiger charge is -2.26. The summed E-state index contributed by atoms with van der Waals surface area (Å²) in [5.74, 6) is -4.52. The Morgan fingerprint density at radius 3 is 1.96 bits per heavy atom. The third-order valence-corrected chi connectivity index (χ3v) is 3.67. The van der Waals surface area contributed by atoms with Crippen molar-refractivity contribution in [1.29, 1.82) is 0 Å². The molecule has 0 atom stereocenters. The van der Waals surface area contributed by atoms with E-state index in [9.17, 15) is 19.2 Å². The maximum absolute atomic E-state index is 12.7. The van der Waals surface area contributed by atoms with E-state index in [-0.39, 0.29) is 18.8 Å². The predicted molar refractivity (Wildman–Crippen MR) is 93.1 cm³/mol. The molecular weight excluding hydrogens is 356 g/mol. The molecule has 0 heterocycles. The Labute approximate surface area is 157 Å². The number of methoxy groups -OCH3 is 2. The van der Waals surface area contributed by atoms with Gasteiger partial charge in [-0.15, -0.1) is 0 Å². The summed E-state index contributed by atoms with van der Waals surface area (Å²) in [4.78, 5) is 49.4. The van der Waals surface area contributed by atoms with Crippen LogP contribution in [0.3, 0.4) is 0 Å². The van der Waals surface area contributed by atoms with Crippen LogP contribution in [0.2, 0.25) is 0 Å². The van der Waals surface area contributed by atoms with E-state index < -0.39 is 35.7 Å². The van der Waals surface area contributed by atoms with E-state index >= 15 is 0 Å². The van der Waals surface area contributed by atoms with Gasteiger partial charge in [0.2, 0.25) is 0 Å². The van der Waals surface area contributed by atoms with E-state index in [2.05, 4.69) is 16.1 Å². The smallest absolute Gasteiger partial charge is 0.335 e. The second-order valence-corrected chi connectivity index (χ2v) is 5.45. The van der Waals surface area contributed by atoms with Crippen LogP contribution in [-0.4, -0.2) is 44.7 Å². The number of carbonyl (C=O) groups excluding carboxylic acids is 4. The molecule has 0 N–H and O–H groups in total. The van der Waals surface area contributed by atoms with Crippen LogP contribution in [-0.2, 0) is 44.7 Å². The molecule has 0 unspecified atom stereocenters. The molecule has 27 heavy (non-hydrogen) atoms. The van der Waals surface area contributed by atoms with E-state index in [0.717, 1.165) is 14.2 Å². The largest absolute Gasteiger partial charge is 0.468 e. The van der Waals surface area contributed by atoms with Crippen molar-refractivity contribution in [2.24, 2.45) is 5.41 Å². The molecule has 1 rings (SSSR count). The normalized spacial score (nSPS) is 10.5. The molecular formula is C19H22O8.